The molecule has 6 heteroatoms. The summed E-state index contributed by atoms with van der Waals surface area (Å²) in [5.74, 6) is 0.113. The molecule has 0 aliphatic heterocycles. The van der Waals surface area contributed by atoms with Gasteiger partial charge in [0, 0.05) is 50.2 Å². The Kier molecular flexibility index (Phi) is 5.23. The molecule has 26 heavy (non-hydrogen) atoms. The van der Waals surface area contributed by atoms with E-state index in [0.717, 1.165) is 35.3 Å². The predicted molar refractivity (Wildman–Crippen MR) is 108 cm³/mol. The molecule has 0 spiro atoms. The minimum absolute atomic E-state index is 0.113. The number of carbonyl (C=O) groups excluding carboxylic acids is 1. The third kappa shape index (κ3) is 3.56. The summed E-state index contributed by atoms with van der Waals surface area (Å²) in [6.07, 6.45) is 6.16. The SMILES string of the molecule is Cc1nn(C)c(C)c1CCCN(C)C(=O)c1cc2cn(C(C)C)cc2s1. The number of aryl methyl sites for hydroxylation is 2. The first-order valence-electron chi connectivity index (χ1n) is 9.13. The van der Waals surface area contributed by atoms with Gasteiger partial charge in [0.2, 0.25) is 0 Å². The van der Waals surface area contributed by atoms with E-state index in [-0.39, 0.29) is 5.91 Å². The number of fused-ring (bicyclic) bond motifs is 1. The Morgan fingerprint density at radius 3 is 2.62 bits per heavy atom. The van der Waals surface area contributed by atoms with Gasteiger partial charge in [-0.3, -0.25) is 9.48 Å². The van der Waals surface area contributed by atoms with E-state index < -0.39 is 0 Å². The molecule has 1 amide bonds. The molecule has 3 heterocycles. The molecule has 0 aromatic carbocycles. The van der Waals surface area contributed by atoms with Gasteiger partial charge in [0.15, 0.2) is 0 Å². The maximum absolute atomic E-state index is 12.7. The van der Waals surface area contributed by atoms with E-state index in [9.17, 15) is 4.79 Å². The third-order valence-corrected chi connectivity index (χ3v) is 6.15. The molecule has 0 aliphatic rings. The van der Waals surface area contributed by atoms with Gasteiger partial charge in [-0.05, 0) is 52.2 Å². The fourth-order valence-corrected chi connectivity index (χ4v) is 4.39. The molecule has 0 aliphatic carbocycles. The lowest BCUT2D eigenvalue weighted by Gasteiger charge is -2.16. The molecular weight excluding hydrogens is 344 g/mol. The van der Waals surface area contributed by atoms with Crippen molar-refractivity contribution in [2.24, 2.45) is 7.05 Å². The minimum atomic E-state index is 0.113. The number of hydrogen-bond donors (Lipinski definition) is 0. The average molecular weight is 373 g/mol. The number of rotatable bonds is 6. The lowest BCUT2D eigenvalue weighted by molar-refractivity contribution is 0.0798. The summed E-state index contributed by atoms with van der Waals surface area (Å²) in [4.78, 5) is 15.4. The molecule has 3 rings (SSSR count). The highest BCUT2D eigenvalue weighted by molar-refractivity contribution is 7.20. The number of carbonyl (C=O) groups is 1. The molecule has 0 atom stereocenters. The number of nitrogens with zero attached hydrogens (tertiary/aromatic N) is 4. The van der Waals surface area contributed by atoms with Gasteiger partial charge in [0.25, 0.3) is 5.91 Å². The second-order valence-corrected chi connectivity index (χ2v) is 8.42. The first kappa shape index (κ1) is 18.7. The molecule has 3 aromatic heterocycles. The Balaban J connectivity index is 1.61. The quantitative estimate of drug-likeness (QED) is 0.646. The van der Waals surface area contributed by atoms with Crippen LogP contribution in [-0.4, -0.2) is 38.7 Å². The van der Waals surface area contributed by atoms with Crippen LogP contribution < -0.4 is 0 Å². The van der Waals surface area contributed by atoms with Crippen LogP contribution >= 0.6 is 11.3 Å². The van der Waals surface area contributed by atoms with Crippen LogP contribution in [0.4, 0.5) is 0 Å². The van der Waals surface area contributed by atoms with Crippen molar-refractivity contribution in [2.45, 2.75) is 46.6 Å². The Morgan fingerprint density at radius 1 is 1.31 bits per heavy atom. The summed E-state index contributed by atoms with van der Waals surface area (Å²) >= 11 is 1.58. The van der Waals surface area contributed by atoms with Crippen LogP contribution in [0.3, 0.4) is 0 Å². The smallest absolute Gasteiger partial charge is 0.263 e. The zero-order valence-electron chi connectivity index (χ0n) is 16.5. The Morgan fingerprint density at radius 2 is 2.04 bits per heavy atom. The van der Waals surface area contributed by atoms with Crippen LogP contribution in [0, 0.1) is 13.8 Å². The summed E-state index contributed by atoms with van der Waals surface area (Å²) in [6, 6.07) is 2.46. The Hall–Kier alpha value is -2.08. The first-order chi connectivity index (χ1) is 12.3. The van der Waals surface area contributed by atoms with Gasteiger partial charge in [0.05, 0.1) is 15.3 Å². The molecule has 0 saturated carbocycles. The van der Waals surface area contributed by atoms with E-state index in [1.807, 2.05) is 29.7 Å². The van der Waals surface area contributed by atoms with Crippen LogP contribution in [0.5, 0.6) is 0 Å². The van der Waals surface area contributed by atoms with E-state index in [1.54, 1.807) is 11.3 Å². The molecule has 5 nitrogen and oxygen atoms in total. The lowest BCUT2D eigenvalue weighted by Crippen LogP contribution is -2.27. The molecule has 0 saturated heterocycles. The second kappa shape index (κ2) is 7.27. The maximum Gasteiger partial charge on any atom is 0.263 e. The van der Waals surface area contributed by atoms with Gasteiger partial charge < -0.3 is 9.47 Å². The van der Waals surface area contributed by atoms with Gasteiger partial charge in [-0.15, -0.1) is 11.3 Å². The highest BCUT2D eigenvalue weighted by Crippen LogP contribution is 2.28. The second-order valence-electron chi connectivity index (χ2n) is 7.33. The molecule has 0 N–H and O–H groups in total. The van der Waals surface area contributed by atoms with Crippen molar-refractivity contribution in [2.75, 3.05) is 13.6 Å². The van der Waals surface area contributed by atoms with E-state index >= 15 is 0 Å². The summed E-state index contributed by atoms with van der Waals surface area (Å²) in [6.45, 7) is 9.23. The van der Waals surface area contributed by atoms with Gasteiger partial charge >= 0.3 is 0 Å². The zero-order chi connectivity index (χ0) is 19.0. The van der Waals surface area contributed by atoms with Crippen LogP contribution in [0.1, 0.15) is 52.9 Å². The van der Waals surface area contributed by atoms with Crippen molar-refractivity contribution >= 4 is 27.3 Å². The largest absolute Gasteiger partial charge is 0.350 e. The van der Waals surface area contributed by atoms with Crippen LogP contribution in [0.25, 0.3) is 10.1 Å². The summed E-state index contributed by atoms with van der Waals surface area (Å²) in [5.41, 5.74) is 3.61. The fourth-order valence-electron chi connectivity index (χ4n) is 3.32. The highest BCUT2D eigenvalue weighted by atomic mass is 32.1. The van der Waals surface area contributed by atoms with Crippen LogP contribution in [0.2, 0.25) is 0 Å². The molecule has 3 aromatic rings. The normalized spacial score (nSPS) is 11.7. The number of hydrogen-bond acceptors (Lipinski definition) is 3. The van der Waals surface area contributed by atoms with Crippen molar-refractivity contribution in [3.63, 3.8) is 0 Å². The van der Waals surface area contributed by atoms with Crippen molar-refractivity contribution < 1.29 is 4.79 Å². The topological polar surface area (TPSA) is 43.1 Å². The third-order valence-electron chi connectivity index (χ3n) is 5.08. The first-order valence-corrected chi connectivity index (χ1v) is 9.95. The number of thiophene rings is 1. The van der Waals surface area contributed by atoms with Gasteiger partial charge in [-0.1, -0.05) is 0 Å². The molecule has 0 fully saturated rings. The summed E-state index contributed by atoms with van der Waals surface area (Å²) < 4.78 is 5.30. The van der Waals surface area contributed by atoms with Crippen molar-refractivity contribution in [1.82, 2.24) is 19.2 Å². The van der Waals surface area contributed by atoms with E-state index in [0.29, 0.717) is 6.04 Å². The van der Waals surface area contributed by atoms with Crippen molar-refractivity contribution in [3.8, 4) is 0 Å². The highest BCUT2D eigenvalue weighted by Gasteiger charge is 2.17. The van der Waals surface area contributed by atoms with E-state index in [2.05, 4.69) is 49.8 Å². The minimum Gasteiger partial charge on any atom is -0.350 e. The molecular formula is C20H28N4OS. The van der Waals surface area contributed by atoms with E-state index in [4.69, 9.17) is 0 Å². The van der Waals surface area contributed by atoms with Gasteiger partial charge in [-0.2, -0.15) is 5.10 Å². The lowest BCUT2D eigenvalue weighted by atomic mass is 10.1. The molecule has 0 unspecified atom stereocenters. The fraction of sp³-hybridized carbons (Fsp3) is 0.500. The molecule has 0 bridgehead atoms. The van der Waals surface area contributed by atoms with Crippen LogP contribution in [-0.2, 0) is 13.5 Å². The number of amides is 1. The summed E-state index contributed by atoms with van der Waals surface area (Å²) in [7, 11) is 3.87. The monoisotopic (exact) mass is 372 g/mol. The standard InChI is InChI=1S/C20H28N4OS/c1-13(2)24-11-16-10-18(26-19(16)12-24)20(25)22(5)9-7-8-17-14(3)21-23(6)15(17)4/h10-13H,7-9H2,1-6H3. The maximum atomic E-state index is 12.7. The van der Waals surface area contributed by atoms with Gasteiger partial charge in [0.1, 0.15) is 0 Å². The van der Waals surface area contributed by atoms with E-state index in [1.165, 1.54) is 16.0 Å². The molecule has 140 valence electrons. The van der Waals surface area contributed by atoms with Crippen molar-refractivity contribution in [3.05, 3.63) is 40.3 Å². The van der Waals surface area contributed by atoms with Crippen LogP contribution in [0.15, 0.2) is 18.5 Å². The number of aromatic nitrogens is 3. The zero-order valence-corrected chi connectivity index (χ0v) is 17.4. The average Bonchev–Trinajstić information content (AvgIpc) is 3.21. The van der Waals surface area contributed by atoms with Crippen molar-refractivity contribution in [1.29, 1.82) is 0 Å². The van der Waals surface area contributed by atoms with Gasteiger partial charge in [-0.25, -0.2) is 0 Å². The Labute approximate surface area is 159 Å². The summed E-state index contributed by atoms with van der Waals surface area (Å²) in [5, 5.41) is 5.62. The molecule has 0 radical (unpaired) electrons. The Bertz CT molecular complexity index is 900. The predicted octanol–water partition coefficient (Wildman–Crippen LogP) is 4.34.